The number of nitrogens with one attached hydrogen (secondary N) is 1. The molecule has 2 aromatic carbocycles. The van der Waals surface area contributed by atoms with Crippen molar-refractivity contribution >= 4 is 45.0 Å². The van der Waals surface area contributed by atoms with Gasteiger partial charge < -0.3 is 11.2 Å². The molecule has 1 amide bonds. The summed E-state index contributed by atoms with van der Waals surface area (Å²) < 4.78 is 28.0. The van der Waals surface area contributed by atoms with E-state index >= 15 is 0 Å². The minimum Gasteiger partial charge on any atom is -0.335 e. The Morgan fingerprint density at radius 1 is 1.06 bits per heavy atom. The zero-order valence-electron chi connectivity index (χ0n) is 16.9. The van der Waals surface area contributed by atoms with E-state index in [1.54, 1.807) is 36.4 Å². The number of rotatable bonds is 7. The number of benzene rings is 2. The molecule has 0 bridgehead atoms. The number of nitrogens with two attached hydrogens (primary N) is 1. The maximum atomic E-state index is 12.6. The molecule has 4 rings (SSSR count). The minimum atomic E-state index is -3.48. The SMILES string of the molecule is Nn1c(SCC(=O)Nc2ccc(S(=O)(=O)N3CCCC3)cc2)nnc1-c1ccc(Cl)cc1. The Labute approximate surface area is 195 Å². The molecule has 0 atom stereocenters. The van der Waals surface area contributed by atoms with Crippen LogP contribution < -0.4 is 11.2 Å². The van der Waals surface area contributed by atoms with Gasteiger partial charge in [0.15, 0.2) is 5.82 Å². The van der Waals surface area contributed by atoms with Gasteiger partial charge in [-0.1, -0.05) is 23.4 Å². The molecule has 1 saturated heterocycles. The van der Waals surface area contributed by atoms with Gasteiger partial charge >= 0.3 is 0 Å². The van der Waals surface area contributed by atoms with Crippen LogP contribution in [0.25, 0.3) is 11.4 Å². The van der Waals surface area contributed by atoms with Crippen LogP contribution in [0.4, 0.5) is 5.69 Å². The van der Waals surface area contributed by atoms with Gasteiger partial charge in [0, 0.05) is 29.4 Å². The lowest BCUT2D eigenvalue weighted by Crippen LogP contribution is -2.27. The van der Waals surface area contributed by atoms with Crippen molar-refractivity contribution in [1.82, 2.24) is 19.2 Å². The molecule has 0 unspecified atom stereocenters. The molecule has 1 aliphatic rings. The summed E-state index contributed by atoms with van der Waals surface area (Å²) in [6.07, 6.45) is 1.76. The zero-order chi connectivity index (χ0) is 22.7. The van der Waals surface area contributed by atoms with E-state index in [0.717, 1.165) is 30.2 Å². The number of carbonyl (C=O) groups is 1. The van der Waals surface area contributed by atoms with E-state index in [0.29, 0.717) is 34.8 Å². The number of nitrogen functional groups attached to an aromatic ring is 1. The van der Waals surface area contributed by atoms with Gasteiger partial charge in [0.05, 0.1) is 10.6 Å². The third kappa shape index (κ3) is 4.90. The van der Waals surface area contributed by atoms with Crippen LogP contribution in [0.1, 0.15) is 12.8 Å². The number of hydrogen-bond acceptors (Lipinski definition) is 7. The van der Waals surface area contributed by atoms with Gasteiger partial charge in [0.25, 0.3) is 0 Å². The smallest absolute Gasteiger partial charge is 0.243 e. The van der Waals surface area contributed by atoms with Crippen molar-refractivity contribution in [3.05, 3.63) is 53.6 Å². The summed E-state index contributed by atoms with van der Waals surface area (Å²) in [6, 6.07) is 13.2. The number of halogens is 1. The Hall–Kier alpha value is -2.60. The molecule has 1 fully saturated rings. The van der Waals surface area contributed by atoms with Gasteiger partial charge in [-0.25, -0.2) is 13.1 Å². The molecule has 168 valence electrons. The highest BCUT2D eigenvalue weighted by Crippen LogP contribution is 2.24. The second-order valence-electron chi connectivity index (χ2n) is 7.16. The number of thioether (sulfide) groups is 1. The van der Waals surface area contributed by atoms with Gasteiger partial charge in [-0.3, -0.25) is 4.79 Å². The molecule has 0 saturated carbocycles. The highest BCUT2D eigenvalue weighted by molar-refractivity contribution is 7.99. The molecule has 1 aromatic heterocycles. The fourth-order valence-corrected chi connectivity index (χ4v) is 5.59. The third-order valence-electron chi connectivity index (χ3n) is 4.94. The number of amides is 1. The van der Waals surface area contributed by atoms with Crippen molar-refractivity contribution in [2.75, 3.05) is 30.0 Å². The summed E-state index contributed by atoms with van der Waals surface area (Å²) in [5, 5.41) is 11.8. The molecule has 3 aromatic rings. The Balaban J connectivity index is 1.35. The maximum Gasteiger partial charge on any atom is 0.243 e. The van der Waals surface area contributed by atoms with E-state index in [-0.39, 0.29) is 16.6 Å². The summed E-state index contributed by atoms with van der Waals surface area (Å²) in [5.74, 6) is 6.31. The average Bonchev–Trinajstić information content (AvgIpc) is 3.44. The van der Waals surface area contributed by atoms with Gasteiger partial charge in [-0.2, -0.15) is 4.31 Å². The van der Waals surface area contributed by atoms with Crippen LogP contribution in [0.15, 0.2) is 58.6 Å². The first kappa shape index (κ1) is 22.6. The Bertz CT molecular complexity index is 1210. The molecule has 9 nitrogen and oxygen atoms in total. The standard InChI is InChI=1S/C20H21ClN6O3S2/c21-15-5-3-14(4-6-15)19-24-25-20(27(19)22)31-13-18(28)23-16-7-9-17(10-8-16)32(29,30)26-11-1-2-12-26/h3-10H,1-2,11-13,22H2,(H,23,28). The van der Waals surface area contributed by atoms with Crippen LogP contribution in [-0.4, -0.2) is 52.3 Å². The van der Waals surface area contributed by atoms with E-state index < -0.39 is 10.0 Å². The fourth-order valence-electron chi connectivity index (χ4n) is 3.29. The van der Waals surface area contributed by atoms with Crippen molar-refractivity contribution < 1.29 is 13.2 Å². The Kier molecular flexibility index (Phi) is 6.70. The van der Waals surface area contributed by atoms with E-state index in [9.17, 15) is 13.2 Å². The van der Waals surface area contributed by atoms with Crippen molar-refractivity contribution in [3.8, 4) is 11.4 Å². The first-order chi connectivity index (χ1) is 15.3. The predicted molar refractivity (Wildman–Crippen MR) is 124 cm³/mol. The molecule has 0 aliphatic carbocycles. The van der Waals surface area contributed by atoms with Crippen LogP contribution in [0.3, 0.4) is 0 Å². The number of aromatic nitrogens is 3. The lowest BCUT2D eigenvalue weighted by molar-refractivity contribution is -0.113. The lowest BCUT2D eigenvalue weighted by atomic mass is 10.2. The molecule has 0 spiro atoms. The minimum absolute atomic E-state index is 0.0593. The predicted octanol–water partition coefficient (Wildman–Crippen LogP) is 2.83. The molecule has 12 heteroatoms. The van der Waals surface area contributed by atoms with Crippen LogP contribution in [0.2, 0.25) is 5.02 Å². The quantitative estimate of drug-likeness (QED) is 0.384. The average molecular weight is 493 g/mol. The van der Waals surface area contributed by atoms with Crippen LogP contribution in [0.5, 0.6) is 0 Å². The normalized spacial score (nSPS) is 14.5. The van der Waals surface area contributed by atoms with E-state index in [2.05, 4.69) is 15.5 Å². The summed E-state index contributed by atoms with van der Waals surface area (Å²) in [6.45, 7) is 1.09. The summed E-state index contributed by atoms with van der Waals surface area (Å²) >= 11 is 7.04. The van der Waals surface area contributed by atoms with Crippen molar-refractivity contribution in [2.45, 2.75) is 22.9 Å². The summed E-state index contributed by atoms with van der Waals surface area (Å²) in [5.41, 5.74) is 1.26. The van der Waals surface area contributed by atoms with Crippen LogP contribution in [-0.2, 0) is 14.8 Å². The van der Waals surface area contributed by atoms with Gasteiger partial charge in [-0.15, -0.1) is 10.2 Å². The monoisotopic (exact) mass is 492 g/mol. The van der Waals surface area contributed by atoms with Crippen molar-refractivity contribution in [1.29, 1.82) is 0 Å². The first-order valence-electron chi connectivity index (χ1n) is 9.84. The summed E-state index contributed by atoms with van der Waals surface area (Å²) in [7, 11) is -3.48. The molecule has 2 heterocycles. The van der Waals surface area contributed by atoms with Gasteiger partial charge in [0.1, 0.15) is 0 Å². The highest BCUT2D eigenvalue weighted by atomic mass is 35.5. The molecule has 0 radical (unpaired) electrons. The summed E-state index contributed by atoms with van der Waals surface area (Å²) in [4.78, 5) is 12.6. The Morgan fingerprint density at radius 3 is 2.38 bits per heavy atom. The molecule has 32 heavy (non-hydrogen) atoms. The van der Waals surface area contributed by atoms with Gasteiger partial charge in [-0.05, 0) is 61.4 Å². The molecular formula is C20H21ClN6O3S2. The topological polar surface area (TPSA) is 123 Å². The van der Waals surface area contributed by atoms with E-state index in [4.69, 9.17) is 17.4 Å². The number of nitrogens with zero attached hydrogens (tertiary/aromatic N) is 4. The van der Waals surface area contributed by atoms with Crippen molar-refractivity contribution in [2.24, 2.45) is 0 Å². The van der Waals surface area contributed by atoms with Crippen LogP contribution in [0, 0.1) is 0 Å². The second kappa shape index (κ2) is 9.49. The second-order valence-corrected chi connectivity index (χ2v) is 10.5. The van der Waals surface area contributed by atoms with Crippen molar-refractivity contribution in [3.63, 3.8) is 0 Å². The van der Waals surface area contributed by atoms with E-state index in [1.807, 2.05) is 0 Å². The molecular weight excluding hydrogens is 472 g/mol. The number of sulfonamides is 1. The van der Waals surface area contributed by atoms with E-state index in [1.165, 1.54) is 21.1 Å². The molecule has 3 N–H and O–H groups in total. The lowest BCUT2D eigenvalue weighted by Gasteiger charge is -2.15. The van der Waals surface area contributed by atoms with Gasteiger partial charge in [0.2, 0.25) is 21.1 Å². The highest BCUT2D eigenvalue weighted by Gasteiger charge is 2.27. The molecule has 1 aliphatic heterocycles. The zero-order valence-corrected chi connectivity index (χ0v) is 19.3. The largest absolute Gasteiger partial charge is 0.335 e. The fraction of sp³-hybridized carbons (Fsp3) is 0.250. The van der Waals surface area contributed by atoms with Crippen LogP contribution >= 0.6 is 23.4 Å². The Morgan fingerprint density at radius 2 is 1.72 bits per heavy atom. The number of carbonyl (C=O) groups excluding carboxylic acids is 1. The number of anilines is 1. The maximum absolute atomic E-state index is 12.6. The number of hydrogen-bond donors (Lipinski definition) is 2. The third-order valence-corrected chi connectivity index (χ3v) is 8.05. The first-order valence-corrected chi connectivity index (χ1v) is 12.6.